The Morgan fingerprint density at radius 1 is 0.579 bits per heavy atom. The lowest BCUT2D eigenvalue weighted by molar-refractivity contribution is 0.616. The van der Waals surface area contributed by atoms with Crippen molar-refractivity contribution in [2.45, 2.75) is 111 Å². The lowest BCUT2D eigenvalue weighted by Crippen LogP contribution is -1.87. The summed E-state index contributed by atoms with van der Waals surface area (Å²) in [6.07, 6.45) is 22.0. The second-order valence-corrected chi connectivity index (χ2v) is 5.98. The van der Waals surface area contributed by atoms with E-state index < -0.39 is 0 Å². The van der Waals surface area contributed by atoms with E-state index in [0.717, 1.165) is 0 Å². The molecule has 0 nitrogen and oxygen atoms in total. The normalized spacial score (nSPS) is 12.1. The maximum absolute atomic E-state index is 2.56. The summed E-state index contributed by atoms with van der Waals surface area (Å²) in [4.78, 5) is 0. The Balaban J connectivity index is 3.64. The summed E-state index contributed by atoms with van der Waals surface area (Å²) < 4.78 is 0. The van der Waals surface area contributed by atoms with Gasteiger partial charge in [-0.2, -0.15) is 0 Å². The van der Waals surface area contributed by atoms with Crippen LogP contribution in [0.4, 0.5) is 0 Å². The van der Waals surface area contributed by atoms with E-state index in [1.807, 2.05) is 0 Å². The van der Waals surface area contributed by atoms with Gasteiger partial charge >= 0.3 is 0 Å². The molecule has 0 heteroatoms. The van der Waals surface area contributed by atoms with Crippen LogP contribution in [0.5, 0.6) is 0 Å². The summed E-state index contributed by atoms with van der Waals surface area (Å²) in [6.45, 7) is 6.89. The number of allylic oxidation sites excluding steroid dienone is 2. The molecule has 0 saturated carbocycles. The molecule has 0 radical (unpaired) electrons. The molecule has 0 bridgehead atoms. The third-order valence-corrected chi connectivity index (χ3v) is 3.91. The van der Waals surface area contributed by atoms with Crippen molar-refractivity contribution < 1.29 is 0 Å². The van der Waals surface area contributed by atoms with Gasteiger partial charge in [0.2, 0.25) is 0 Å². The lowest BCUT2D eigenvalue weighted by Gasteiger charge is -2.07. The van der Waals surface area contributed by atoms with Gasteiger partial charge in [-0.3, -0.25) is 0 Å². The van der Waals surface area contributed by atoms with Crippen molar-refractivity contribution in [3.8, 4) is 0 Å². The van der Waals surface area contributed by atoms with Crippen LogP contribution >= 0.6 is 0 Å². The second kappa shape index (κ2) is 15.8. The molecule has 0 aliphatic rings. The van der Waals surface area contributed by atoms with Crippen molar-refractivity contribution in [2.24, 2.45) is 0 Å². The van der Waals surface area contributed by atoms with Crippen molar-refractivity contribution in [2.75, 3.05) is 0 Å². The van der Waals surface area contributed by atoms with Gasteiger partial charge in [0.05, 0.1) is 0 Å². The van der Waals surface area contributed by atoms with Crippen molar-refractivity contribution in [1.82, 2.24) is 0 Å². The first kappa shape index (κ1) is 18.7. The zero-order valence-corrected chi connectivity index (χ0v) is 14.0. The predicted octanol–water partition coefficient (Wildman–Crippen LogP) is 7.43. The third-order valence-electron chi connectivity index (χ3n) is 3.91. The zero-order chi connectivity index (χ0) is 14.2. The van der Waals surface area contributed by atoms with Gasteiger partial charge in [-0.05, 0) is 32.1 Å². The highest BCUT2D eigenvalue weighted by Gasteiger charge is 1.97. The van der Waals surface area contributed by atoms with Crippen molar-refractivity contribution in [3.63, 3.8) is 0 Å². The fraction of sp³-hybridized carbons (Fsp3) is 0.895. The Bertz CT molecular complexity index is 190. The summed E-state index contributed by atoms with van der Waals surface area (Å²) in [5.41, 5.74) is 1.74. The Morgan fingerprint density at radius 2 is 1.16 bits per heavy atom. The largest absolute Gasteiger partial charge is 0.0853 e. The molecule has 0 rings (SSSR count). The monoisotopic (exact) mass is 266 g/mol. The van der Waals surface area contributed by atoms with E-state index in [0.29, 0.717) is 0 Å². The quantitative estimate of drug-likeness (QED) is 0.226. The lowest BCUT2D eigenvalue weighted by atomic mass is 10.00. The van der Waals surface area contributed by atoms with Crippen LogP contribution in [0, 0.1) is 0 Å². The van der Waals surface area contributed by atoms with Crippen LogP contribution in [-0.2, 0) is 0 Å². The fourth-order valence-corrected chi connectivity index (χ4v) is 2.66. The highest BCUT2D eigenvalue weighted by molar-refractivity contribution is 5.01. The molecule has 0 heterocycles. The average molecular weight is 267 g/mol. The van der Waals surface area contributed by atoms with E-state index in [1.165, 1.54) is 89.9 Å². The van der Waals surface area contributed by atoms with Crippen molar-refractivity contribution >= 4 is 0 Å². The highest BCUT2D eigenvalue weighted by Crippen LogP contribution is 2.17. The van der Waals surface area contributed by atoms with Crippen LogP contribution in [0.25, 0.3) is 0 Å². The molecular weight excluding hydrogens is 228 g/mol. The standard InChI is InChI=1S/C19H38/c1-4-7-9-11-13-15-18-19(16-6-3)17-14-12-10-8-5-2/h18H,4-17H2,1-3H3. The van der Waals surface area contributed by atoms with E-state index >= 15 is 0 Å². The molecule has 0 spiro atoms. The molecule has 114 valence electrons. The van der Waals surface area contributed by atoms with Crippen molar-refractivity contribution in [1.29, 1.82) is 0 Å². The minimum Gasteiger partial charge on any atom is -0.0853 e. The third kappa shape index (κ3) is 14.0. The number of hydrogen-bond donors (Lipinski definition) is 0. The SMILES string of the molecule is CCCCCCCC=C(CCC)CCCCCCC. The molecule has 0 aliphatic carbocycles. The molecule has 0 atom stereocenters. The minimum atomic E-state index is 1.32. The second-order valence-electron chi connectivity index (χ2n) is 5.98. The predicted molar refractivity (Wildman–Crippen MR) is 89.7 cm³/mol. The topological polar surface area (TPSA) is 0 Å². The van der Waals surface area contributed by atoms with E-state index in [-0.39, 0.29) is 0 Å². The van der Waals surface area contributed by atoms with E-state index in [9.17, 15) is 0 Å². The Hall–Kier alpha value is -0.260. The van der Waals surface area contributed by atoms with Crippen LogP contribution in [-0.4, -0.2) is 0 Å². The van der Waals surface area contributed by atoms with Gasteiger partial charge in [0, 0.05) is 0 Å². The highest BCUT2D eigenvalue weighted by atomic mass is 14.0. The Kier molecular flexibility index (Phi) is 15.6. The Morgan fingerprint density at radius 3 is 1.74 bits per heavy atom. The minimum absolute atomic E-state index is 1.32. The summed E-state index contributed by atoms with van der Waals surface area (Å²) in [5.74, 6) is 0. The molecule has 0 aromatic heterocycles. The van der Waals surface area contributed by atoms with E-state index in [1.54, 1.807) is 5.57 Å². The van der Waals surface area contributed by atoms with Crippen LogP contribution in [0.1, 0.15) is 111 Å². The van der Waals surface area contributed by atoms with Gasteiger partial charge in [-0.15, -0.1) is 0 Å². The van der Waals surface area contributed by atoms with Gasteiger partial charge in [0.25, 0.3) is 0 Å². The summed E-state index contributed by atoms with van der Waals surface area (Å²) >= 11 is 0. The molecule has 0 aliphatic heterocycles. The maximum Gasteiger partial charge on any atom is -0.0320 e. The van der Waals surface area contributed by atoms with Crippen LogP contribution in [0.15, 0.2) is 11.6 Å². The first-order chi connectivity index (χ1) is 9.35. The molecular formula is C19H38. The van der Waals surface area contributed by atoms with Gasteiger partial charge in [-0.1, -0.05) is 90.2 Å². The molecule has 0 saturated heterocycles. The van der Waals surface area contributed by atoms with E-state index in [2.05, 4.69) is 26.8 Å². The van der Waals surface area contributed by atoms with Gasteiger partial charge < -0.3 is 0 Å². The molecule has 0 aromatic carbocycles. The first-order valence-electron chi connectivity index (χ1n) is 9.03. The zero-order valence-electron chi connectivity index (χ0n) is 14.0. The van der Waals surface area contributed by atoms with Crippen molar-refractivity contribution in [3.05, 3.63) is 11.6 Å². The average Bonchev–Trinajstić information content (AvgIpc) is 2.42. The number of hydrogen-bond acceptors (Lipinski definition) is 0. The molecule has 0 N–H and O–H groups in total. The smallest absolute Gasteiger partial charge is 0.0320 e. The number of rotatable bonds is 14. The van der Waals surface area contributed by atoms with Gasteiger partial charge in [0.15, 0.2) is 0 Å². The van der Waals surface area contributed by atoms with Gasteiger partial charge in [0.1, 0.15) is 0 Å². The van der Waals surface area contributed by atoms with E-state index in [4.69, 9.17) is 0 Å². The van der Waals surface area contributed by atoms with Crippen LogP contribution < -0.4 is 0 Å². The summed E-state index contributed by atoms with van der Waals surface area (Å²) in [5, 5.41) is 0. The maximum atomic E-state index is 2.56. The van der Waals surface area contributed by atoms with Gasteiger partial charge in [-0.25, -0.2) is 0 Å². The molecule has 0 aromatic rings. The fourth-order valence-electron chi connectivity index (χ4n) is 2.66. The molecule has 0 amide bonds. The molecule has 19 heavy (non-hydrogen) atoms. The van der Waals surface area contributed by atoms with Crippen LogP contribution in [0.2, 0.25) is 0 Å². The first-order valence-corrected chi connectivity index (χ1v) is 9.03. The summed E-state index contributed by atoms with van der Waals surface area (Å²) in [7, 11) is 0. The summed E-state index contributed by atoms with van der Waals surface area (Å²) in [6, 6.07) is 0. The Labute approximate surface area is 123 Å². The molecule has 0 unspecified atom stereocenters. The van der Waals surface area contributed by atoms with Crippen LogP contribution in [0.3, 0.4) is 0 Å². The molecule has 0 fully saturated rings. The number of unbranched alkanes of at least 4 members (excludes halogenated alkanes) is 9.